The lowest BCUT2D eigenvalue weighted by Crippen LogP contribution is -2.12. The van der Waals surface area contributed by atoms with Crippen molar-refractivity contribution in [3.8, 4) is 5.75 Å². The van der Waals surface area contributed by atoms with E-state index in [1.807, 2.05) is 13.0 Å². The lowest BCUT2D eigenvalue weighted by atomic mass is 10.3. The molecule has 1 aliphatic rings. The van der Waals surface area contributed by atoms with Crippen molar-refractivity contribution in [1.82, 2.24) is 0 Å². The smallest absolute Gasteiger partial charge is 0.433 e. The Balaban J connectivity index is 1.81. The molecule has 1 atom stereocenters. The summed E-state index contributed by atoms with van der Waals surface area (Å²) in [5, 5.41) is 10.4. The first-order chi connectivity index (χ1) is 8.56. The highest BCUT2D eigenvalue weighted by atomic mass is 16.7. The van der Waals surface area contributed by atoms with E-state index < -0.39 is 11.1 Å². The number of benzene rings is 1. The van der Waals surface area contributed by atoms with Crippen LogP contribution in [-0.4, -0.2) is 17.7 Å². The SMILES string of the molecule is CC1=CC1COC(=O)Oc1ccc([N+](=O)[O-])cc1. The molecule has 0 aromatic heterocycles. The molecule has 0 amide bonds. The molecule has 0 aliphatic heterocycles. The fourth-order valence-electron chi connectivity index (χ4n) is 1.37. The van der Waals surface area contributed by atoms with Crippen molar-refractivity contribution in [1.29, 1.82) is 0 Å². The van der Waals surface area contributed by atoms with Gasteiger partial charge in [-0.2, -0.15) is 0 Å². The summed E-state index contributed by atoms with van der Waals surface area (Å²) < 4.78 is 9.73. The minimum Gasteiger partial charge on any atom is -0.433 e. The van der Waals surface area contributed by atoms with Crippen molar-refractivity contribution in [2.75, 3.05) is 6.61 Å². The van der Waals surface area contributed by atoms with Gasteiger partial charge in [0, 0.05) is 18.1 Å². The number of hydrogen-bond acceptors (Lipinski definition) is 5. The summed E-state index contributed by atoms with van der Waals surface area (Å²) in [5.41, 5.74) is 1.13. The first-order valence-corrected chi connectivity index (χ1v) is 5.33. The van der Waals surface area contributed by atoms with Crippen LogP contribution in [0.4, 0.5) is 10.5 Å². The zero-order chi connectivity index (χ0) is 13.1. The number of hydrogen-bond donors (Lipinski definition) is 0. The summed E-state index contributed by atoms with van der Waals surface area (Å²) in [6, 6.07) is 5.21. The van der Waals surface area contributed by atoms with Crippen LogP contribution in [0.5, 0.6) is 5.75 Å². The molecule has 18 heavy (non-hydrogen) atoms. The molecule has 1 unspecified atom stereocenters. The molecule has 0 saturated carbocycles. The molecular formula is C12H11NO5. The van der Waals surface area contributed by atoms with E-state index in [0.29, 0.717) is 0 Å². The summed E-state index contributed by atoms with van der Waals surface area (Å²) in [6.45, 7) is 2.23. The standard InChI is InChI=1S/C12H11NO5/c1-8-6-9(8)7-17-12(14)18-11-4-2-10(3-5-11)13(15)16/h2-6,9H,7H2,1H3. The maximum absolute atomic E-state index is 11.3. The quantitative estimate of drug-likeness (QED) is 0.269. The van der Waals surface area contributed by atoms with Crippen molar-refractivity contribution in [2.45, 2.75) is 6.92 Å². The lowest BCUT2D eigenvalue weighted by molar-refractivity contribution is -0.384. The number of carbonyl (C=O) groups excluding carboxylic acids is 1. The van der Waals surface area contributed by atoms with Crippen LogP contribution >= 0.6 is 0 Å². The van der Waals surface area contributed by atoms with Crippen molar-refractivity contribution >= 4 is 11.8 Å². The minimum absolute atomic E-state index is 0.0616. The maximum Gasteiger partial charge on any atom is 0.513 e. The molecule has 1 aliphatic carbocycles. The van der Waals surface area contributed by atoms with Gasteiger partial charge >= 0.3 is 6.16 Å². The molecule has 0 spiro atoms. The summed E-state index contributed by atoms with van der Waals surface area (Å²) >= 11 is 0. The highest BCUT2D eigenvalue weighted by Gasteiger charge is 2.22. The van der Waals surface area contributed by atoms with Crippen LogP contribution in [0.3, 0.4) is 0 Å². The number of nitro benzene ring substituents is 1. The van der Waals surface area contributed by atoms with Gasteiger partial charge in [0.15, 0.2) is 0 Å². The predicted octanol–water partition coefficient (Wildman–Crippen LogP) is 2.69. The molecule has 0 fully saturated rings. The van der Waals surface area contributed by atoms with E-state index in [2.05, 4.69) is 0 Å². The minimum atomic E-state index is -0.808. The van der Waals surface area contributed by atoms with Gasteiger partial charge in [-0.25, -0.2) is 4.79 Å². The van der Waals surface area contributed by atoms with E-state index in [-0.39, 0.29) is 24.0 Å². The van der Waals surface area contributed by atoms with E-state index in [4.69, 9.17) is 9.47 Å². The van der Waals surface area contributed by atoms with Crippen molar-refractivity contribution < 1.29 is 19.2 Å². The van der Waals surface area contributed by atoms with Gasteiger partial charge in [-0.1, -0.05) is 11.6 Å². The average Bonchev–Trinajstić information content (AvgIpc) is 3.03. The first kappa shape index (κ1) is 12.1. The van der Waals surface area contributed by atoms with Crippen LogP contribution in [0.15, 0.2) is 35.9 Å². The molecule has 1 aromatic rings. The van der Waals surface area contributed by atoms with Gasteiger partial charge in [0.05, 0.1) is 4.92 Å². The molecule has 0 saturated heterocycles. The summed E-state index contributed by atoms with van der Waals surface area (Å²) in [6.07, 6.45) is 1.18. The zero-order valence-electron chi connectivity index (χ0n) is 9.66. The van der Waals surface area contributed by atoms with Crippen LogP contribution in [0.25, 0.3) is 0 Å². The van der Waals surface area contributed by atoms with E-state index in [9.17, 15) is 14.9 Å². The fraction of sp³-hybridized carbons (Fsp3) is 0.250. The summed E-state index contributed by atoms with van der Waals surface area (Å²) in [4.78, 5) is 21.2. The fourth-order valence-corrected chi connectivity index (χ4v) is 1.37. The molecule has 6 heteroatoms. The Bertz CT molecular complexity index is 506. The molecule has 0 bridgehead atoms. The van der Waals surface area contributed by atoms with Crippen LogP contribution < -0.4 is 4.74 Å². The Morgan fingerprint density at radius 1 is 1.39 bits per heavy atom. The van der Waals surface area contributed by atoms with Crippen molar-refractivity contribution in [3.63, 3.8) is 0 Å². The highest BCUT2D eigenvalue weighted by Crippen LogP contribution is 2.27. The third-order valence-electron chi connectivity index (χ3n) is 2.57. The Kier molecular flexibility index (Phi) is 3.27. The summed E-state index contributed by atoms with van der Waals surface area (Å²) in [7, 11) is 0. The number of nitrogens with zero attached hydrogens (tertiary/aromatic N) is 1. The van der Waals surface area contributed by atoms with E-state index in [1.54, 1.807) is 0 Å². The van der Waals surface area contributed by atoms with Crippen LogP contribution in [-0.2, 0) is 4.74 Å². The molecular weight excluding hydrogens is 238 g/mol. The van der Waals surface area contributed by atoms with Gasteiger partial charge < -0.3 is 9.47 Å². The number of rotatable bonds is 4. The lowest BCUT2D eigenvalue weighted by Gasteiger charge is -2.05. The third kappa shape index (κ3) is 3.07. The Morgan fingerprint density at radius 3 is 2.50 bits per heavy atom. The number of carbonyl (C=O) groups is 1. The van der Waals surface area contributed by atoms with E-state index in [1.165, 1.54) is 29.8 Å². The molecule has 6 nitrogen and oxygen atoms in total. The summed E-state index contributed by atoms with van der Waals surface area (Å²) in [5.74, 6) is 0.445. The molecule has 0 N–H and O–H groups in total. The number of ether oxygens (including phenoxy) is 2. The van der Waals surface area contributed by atoms with Crippen LogP contribution in [0, 0.1) is 16.0 Å². The Labute approximate surface area is 103 Å². The monoisotopic (exact) mass is 249 g/mol. The van der Waals surface area contributed by atoms with Crippen LogP contribution in [0.1, 0.15) is 6.92 Å². The van der Waals surface area contributed by atoms with Gasteiger partial charge in [0.1, 0.15) is 12.4 Å². The second-order valence-electron chi connectivity index (χ2n) is 3.93. The van der Waals surface area contributed by atoms with Crippen LogP contribution in [0.2, 0.25) is 0 Å². The molecule has 1 aromatic carbocycles. The Hall–Kier alpha value is -2.37. The van der Waals surface area contributed by atoms with Gasteiger partial charge in [-0.15, -0.1) is 0 Å². The van der Waals surface area contributed by atoms with Gasteiger partial charge in [0.25, 0.3) is 5.69 Å². The number of non-ortho nitro benzene ring substituents is 1. The normalized spacial score (nSPS) is 16.7. The predicted molar refractivity (Wildman–Crippen MR) is 62.3 cm³/mol. The van der Waals surface area contributed by atoms with E-state index in [0.717, 1.165) is 0 Å². The second kappa shape index (κ2) is 4.87. The van der Waals surface area contributed by atoms with Crippen molar-refractivity contribution in [2.24, 2.45) is 5.92 Å². The third-order valence-corrected chi connectivity index (χ3v) is 2.57. The van der Waals surface area contributed by atoms with E-state index >= 15 is 0 Å². The van der Waals surface area contributed by atoms with Gasteiger partial charge in [0.2, 0.25) is 0 Å². The molecule has 94 valence electrons. The highest BCUT2D eigenvalue weighted by molar-refractivity contribution is 5.64. The largest absolute Gasteiger partial charge is 0.513 e. The molecule has 2 rings (SSSR count). The van der Waals surface area contributed by atoms with Gasteiger partial charge in [-0.3, -0.25) is 10.1 Å². The topological polar surface area (TPSA) is 78.7 Å². The Morgan fingerprint density at radius 2 is 2.00 bits per heavy atom. The van der Waals surface area contributed by atoms with Gasteiger partial charge in [-0.05, 0) is 19.1 Å². The average molecular weight is 249 g/mol. The second-order valence-corrected chi connectivity index (χ2v) is 3.93. The maximum atomic E-state index is 11.3. The molecule has 0 heterocycles. The first-order valence-electron chi connectivity index (χ1n) is 5.33. The zero-order valence-corrected chi connectivity index (χ0v) is 9.66. The molecule has 0 radical (unpaired) electrons. The van der Waals surface area contributed by atoms with Crippen molar-refractivity contribution in [3.05, 3.63) is 46.0 Å². The number of nitro groups is 1.